The lowest BCUT2D eigenvalue weighted by molar-refractivity contribution is 0.0669. The largest absolute Gasteiger partial charge is 0.337 e. The number of rotatable bonds is 3. The number of hydrogen-bond donors (Lipinski definition) is 1. The summed E-state index contributed by atoms with van der Waals surface area (Å²) in [6.45, 7) is 4.70. The monoisotopic (exact) mass is 276 g/mol. The van der Waals surface area contributed by atoms with E-state index in [4.69, 9.17) is 0 Å². The molecule has 5 nitrogen and oxygen atoms in total. The number of aromatic nitrogens is 2. The maximum atomic E-state index is 12.7. The van der Waals surface area contributed by atoms with E-state index < -0.39 is 0 Å². The first-order valence-electron chi connectivity index (χ1n) is 7.66. The van der Waals surface area contributed by atoms with Crippen LogP contribution in [0.25, 0.3) is 0 Å². The molecule has 1 N–H and O–H groups in total. The Kier molecular flexibility index (Phi) is 3.54. The molecule has 2 atom stereocenters. The number of carbonyl (C=O) groups is 1. The molecule has 3 rings (SSSR count). The highest BCUT2D eigenvalue weighted by atomic mass is 16.2. The number of nitrogens with one attached hydrogen (secondary N) is 1. The third-order valence-corrected chi connectivity index (χ3v) is 4.74. The molecule has 0 radical (unpaired) electrons. The highest BCUT2D eigenvalue weighted by Gasteiger charge is 2.37. The summed E-state index contributed by atoms with van der Waals surface area (Å²) in [7, 11) is 1.94. The number of nitrogens with zero attached hydrogens (tertiary/aromatic N) is 3. The summed E-state index contributed by atoms with van der Waals surface area (Å²) in [4.78, 5) is 14.7. The van der Waals surface area contributed by atoms with Crippen molar-refractivity contribution in [2.45, 2.75) is 64.2 Å². The Balaban J connectivity index is 1.76. The SMILES string of the molecule is CCn1nc(C)cc1C(=O)N(C)C1CC2CCC(C1)N2. The molecule has 2 unspecified atom stereocenters. The summed E-state index contributed by atoms with van der Waals surface area (Å²) in [5, 5.41) is 8.00. The predicted octanol–water partition coefficient (Wildman–Crippen LogP) is 1.57. The first-order valence-corrected chi connectivity index (χ1v) is 7.66. The van der Waals surface area contributed by atoms with Crippen molar-refractivity contribution >= 4 is 5.91 Å². The van der Waals surface area contributed by atoms with Gasteiger partial charge in [0.15, 0.2) is 0 Å². The van der Waals surface area contributed by atoms with Crippen molar-refractivity contribution in [2.24, 2.45) is 0 Å². The Labute approximate surface area is 120 Å². The van der Waals surface area contributed by atoms with E-state index in [0.717, 1.165) is 30.8 Å². The number of hydrogen-bond acceptors (Lipinski definition) is 3. The lowest BCUT2D eigenvalue weighted by atomic mass is 9.98. The Hall–Kier alpha value is -1.36. The zero-order chi connectivity index (χ0) is 14.3. The van der Waals surface area contributed by atoms with E-state index >= 15 is 0 Å². The summed E-state index contributed by atoms with van der Waals surface area (Å²) in [5.74, 6) is 0.110. The van der Waals surface area contributed by atoms with Crippen LogP contribution in [0.1, 0.15) is 48.8 Å². The van der Waals surface area contributed by atoms with E-state index in [2.05, 4.69) is 10.4 Å². The highest BCUT2D eigenvalue weighted by molar-refractivity contribution is 5.92. The normalized spacial score (nSPS) is 28.6. The maximum Gasteiger partial charge on any atom is 0.272 e. The topological polar surface area (TPSA) is 50.2 Å². The van der Waals surface area contributed by atoms with Crippen LogP contribution >= 0.6 is 0 Å². The molecule has 1 amide bonds. The Morgan fingerprint density at radius 3 is 2.70 bits per heavy atom. The molecule has 2 fully saturated rings. The Bertz CT molecular complexity index is 498. The van der Waals surface area contributed by atoms with Crippen LogP contribution in [0.4, 0.5) is 0 Å². The molecular weight excluding hydrogens is 252 g/mol. The quantitative estimate of drug-likeness (QED) is 0.911. The van der Waals surface area contributed by atoms with Gasteiger partial charge in [-0.3, -0.25) is 9.48 Å². The standard InChI is InChI=1S/C15H24N4O/c1-4-19-14(7-10(2)17-19)15(20)18(3)13-8-11-5-6-12(9-13)16-11/h7,11-13,16H,4-6,8-9H2,1-3H3. The molecule has 1 aromatic rings. The average Bonchev–Trinajstić information content (AvgIpc) is 2.99. The molecule has 0 spiro atoms. The van der Waals surface area contributed by atoms with Crippen molar-refractivity contribution in [3.63, 3.8) is 0 Å². The van der Waals surface area contributed by atoms with Gasteiger partial charge in [-0.25, -0.2) is 0 Å². The number of fused-ring (bicyclic) bond motifs is 2. The Morgan fingerprint density at radius 1 is 1.45 bits per heavy atom. The lowest BCUT2D eigenvalue weighted by Crippen LogP contribution is -2.49. The van der Waals surface area contributed by atoms with E-state index in [-0.39, 0.29) is 5.91 Å². The van der Waals surface area contributed by atoms with E-state index in [0.29, 0.717) is 18.1 Å². The fourth-order valence-electron chi connectivity index (χ4n) is 3.65. The van der Waals surface area contributed by atoms with Gasteiger partial charge in [0.25, 0.3) is 5.91 Å². The van der Waals surface area contributed by atoms with Gasteiger partial charge in [-0.15, -0.1) is 0 Å². The van der Waals surface area contributed by atoms with Gasteiger partial charge in [0.05, 0.1) is 5.69 Å². The molecule has 1 aromatic heterocycles. The lowest BCUT2D eigenvalue weighted by Gasteiger charge is -2.35. The number of aryl methyl sites for hydroxylation is 2. The minimum atomic E-state index is 0.110. The van der Waals surface area contributed by atoms with Crippen LogP contribution in [0, 0.1) is 6.92 Å². The van der Waals surface area contributed by atoms with Crippen LogP contribution in [0.2, 0.25) is 0 Å². The zero-order valence-corrected chi connectivity index (χ0v) is 12.6. The van der Waals surface area contributed by atoms with Crippen molar-refractivity contribution < 1.29 is 4.79 Å². The summed E-state index contributed by atoms with van der Waals surface area (Å²) < 4.78 is 1.81. The second-order valence-electron chi connectivity index (χ2n) is 6.17. The molecule has 0 saturated carbocycles. The fourth-order valence-corrected chi connectivity index (χ4v) is 3.65. The molecule has 20 heavy (non-hydrogen) atoms. The van der Waals surface area contributed by atoms with Crippen LogP contribution in [0.15, 0.2) is 6.07 Å². The van der Waals surface area contributed by atoms with Crippen LogP contribution in [0.5, 0.6) is 0 Å². The summed E-state index contributed by atoms with van der Waals surface area (Å²) in [6.07, 6.45) is 4.68. The second kappa shape index (κ2) is 5.20. The molecule has 2 aliphatic rings. The Morgan fingerprint density at radius 2 is 2.10 bits per heavy atom. The van der Waals surface area contributed by atoms with E-state index in [9.17, 15) is 4.79 Å². The molecule has 3 heterocycles. The minimum Gasteiger partial charge on any atom is -0.337 e. The van der Waals surface area contributed by atoms with Gasteiger partial charge in [-0.1, -0.05) is 0 Å². The van der Waals surface area contributed by atoms with Gasteiger partial charge in [0.2, 0.25) is 0 Å². The van der Waals surface area contributed by atoms with Crippen LogP contribution in [-0.4, -0.2) is 45.8 Å². The summed E-state index contributed by atoms with van der Waals surface area (Å²) in [5.41, 5.74) is 1.63. The summed E-state index contributed by atoms with van der Waals surface area (Å²) in [6, 6.07) is 3.47. The maximum absolute atomic E-state index is 12.7. The molecular formula is C15H24N4O. The predicted molar refractivity (Wildman–Crippen MR) is 77.7 cm³/mol. The van der Waals surface area contributed by atoms with Crippen molar-refractivity contribution in [1.82, 2.24) is 20.0 Å². The molecule has 0 aliphatic carbocycles. The number of amides is 1. The second-order valence-corrected chi connectivity index (χ2v) is 6.17. The smallest absolute Gasteiger partial charge is 0.272 e. The number of piperidine rings is 1. The van der Waals surface area contributed by atoms with Gasteiger partial charge in [-0.2, -0.15) is 5.10 Å². The first-order chi connectivity index (χ1) is 9.58. The van der Waals surface area contributed by atoms with Gasteiger partial charge in [-0.05, 0) is 45.6 Å². The molecule has 2 aliphatic heterocycles. The molecule has 110 valence electrons. The van der Waals surface area contributed by atoms with Crippen LogP contribution in [-0.2, 0) is 6.54 Å². The van der Waals surface area contributed by atoms with Crippen LogP contribution in [0.3, 0.4) is 0 Å². The zero-order valence-electron chi connectivity index (χ0n) is 12.6. The van der Waals surface area contributed by atoms with Crippen molar-refractivity contribution in [3.05, 3.63) is 17.5 Å². The molecule has 2 bridgehead atoms. The van der Waals surface area contributed by atoms with E-state index in [1.807, 2.05) is 36.5 Å². The highest BCUT2D eigenvalue weighted by Crippen LogP contribution is 2.29. The van der Waals surface area contributed by atoms with E-state index in [1.54, 1.807) is 0 Å². The van der Waals surface area contributed by atoms with Gasteiger partial charge < -0.3 is 10.2 Å². The van der Waals surface area contributed by atoms with Crippen LogP contribution < -0.4 is 5.32 Å². The van der Waals surface area contributed by atoms with Crippen molar-refractivity contribution in [2.75, 3.05) is 7.05 Å². The summed E-state index contributed by atoms with van der Waals surface area (Å²) >= 11 is 0. The van der Waals surface area contributed by atoms with Gasteiger partial charge >= 0.3 is 0 Å². The third kappa shape index (κ3) is 2.35. The molecule has 5 heteroatoms. The molecule has 2 saturated heterocycles. The number of carbonyl (C=O) groups excluding carboxylic acids is 1. The first kappa shape index (κ1) is 13.6. The third-order valence-electron chi connectivity index (χ3n) is 4.74. The van der Waals surface area contributed by atoms with Gasteiger partial charge in [0, 0.05) is 31.7 Å². The minimum absolute atomic E-state index is 0.110. The van der Waals surface area contributed by atoms with Crippen molar-refractivity contribution in [1.29, 1.82) is 0 Å². The van der Waals surface area contributed by atoms with E-state index in [1.165, 1.54) is 12.8 Å². The molecule has 0 aromatic carbocycles. The van der Waals surface area contributed by atoms with Gasteiger partial charge in [0.1, 0.15) is 5.69 Å². The fraction of sp³-hybridized carbons (Fsp3) is 0.733. The van der Waals surface area contributed by atoms with Crippen molar-refractivity contribution in [3.8, 4) is 0 Å². The average molecular weight is 276 g/mol.